The zero-order chi connectivity index (χ0) is 12.3. The van der Waals surface area contributed by atoms with Crippen molar-refractivity contribution < 1.29 is 0 Å². The summed E-state index contributed by atoms with van der Waals surface area (Å²) >= 11 is 0. The first kappa shape index (κ1) is 12.6. The molecule has 0 bridgehead atoms. The molecular formula is C14H23N3. The molecule has 1 fully saturated rings. The van der Waals surface area contributed by atoms with E-state index in [-0.39, 0.29) is 6.04 Å². The number of rotatable bonds is 3. The number of nitrogens with zero attached hydrogens (tertiary/aromatic N) is 1. The van der Waals surface area contributed by atoms with Crippen molar-refractivity contribution in [2.45, 2.75) is 19.9 Å². The predicted octanol–water partition coefficient (Wildman–Crippen LogP) is 1.21. The molecule has 1 aliphatic rings. The lowest BCUT2D eigenvalue weighted by Crippen LogP contribution is -2.46. The lowest BCUT2D eigenvalue weighted by molar-refractivity contribution is 0.228. The van der Waals surface area contributed by atoms with Gasteiger partial charge in [0.2, 0.25) is 0 Å². The van der Waals surface area contributed by atoms with Gasteiger partial charge in [0.1, 0.15) is 0 Å². The number of aryl methyl sites for hydroxylation is 2. The summed E-state index contributed by atoms with van der Waals surface area (Å²) in [5, 5.41) is 3.36. The minimum Gasteiger partial charge on any atom is -0.323 e. The summed E-state index contributed by atoms with van der Waals surface area (Å²) in [5.41, 5.74) is 10.2. The van der Waals surface area contributed by atoms with Crippen molar-refractivity contribution in [3.05, 3.63) is 34.9 Å². The molecule has 3 nitrogen and oxygen atoms in total. The molecule has 0 saturated carbocycles. The van der Waals surface area contributed by atoms with Gasteiger partial charge in [0.05, 0.1) is 0 Å². The fourth-order valence-electron chi connectivity index (χ4n) is 2.51. The summed E-state index contributed by atoms with van der Waals surface area (Å²) in [6.07, 6.45) is 0. The zero-order valence-corrected chi connectivity index (χ0v) is 10.9. The lowest BCUT2D eigenvalue weighted by Gasteiger charge is -2.30. The summed E-state index contributed by atoms with van der Waals surface area (Å²) in [5.74, 6) is 0. The summed E-state index contributed by atoms with van der Waals surface area (Å²) in [4.78, 5) is 2.44. The first-order chi connectivity index (χ1) is 8.16. The molecule has 1 saturated heterocycles. The number of piperazine rings is 1. The Morgan fingerprint density at radius 2 is 2.00 bits per heavy atom. The van der Waals surface area contributed by atoms with E-state index in [1.54, 1.807) is 0 Å². The Morgan fingerprint density at radius 1 is 1.29 bits per heavy atom. The van der Waals surface area contributed by atoms with Crippen LogP contribution in [-0.2, 0) is 0 Å². The third-order valence-electron chi connectivity index (χ3n) is 3.49. The third-order valence-corrected chi connectivity index (χ3v) is 3.49. The van der Waals surface area contributed by atoms with Crippen LogP contribution in [-0.4, -0.2) is 37.6 Å². The molecule has 94 valence electrons. The summed E-state index contributed by atoms with van der Waals surface area (Å²) in [6.45, 7) is 9.63. The lowest BCUT2D eigenvalue weighted by atomic mass is 9.99. The van der Waals surface area contributed by atoms with Gasteiger partial charge in [-0.2, -0.15) is 0 Å². The van der Waals surface area contributed by atoms with Crippen molar-refractivity contribution in [1.82, 2.24) is 10.2 Å². The van der Waals surface area contributed by atoms with Gasteiger partial charge < -0.3 is 11.1 Å². The van der Waals surface area contributed by atoms with Crippen molar-refractivity contribution >= 4 is 0 Å². The van der Waals surface area contributed by atoms with Crippen LogP contribution in [0.15, 0.2) is 18.2 Å². The van der Waals surface area contributed by atoms with E-state index in [1.165, 1.54) is 16.7 Å². The van der Waals surface area contributed by atoms with Crippen molar-refractivity contribution in [2.75, 3.05) is 32.7 Å². The van der Waals surface area contributed by atoms with Crippen LogP contribution in [0.4, 0.5) is 0 Å². The molecule has 0 spiro atoms. The highest BCUT2D eigenvalue weighted by atomic mass is 15.2. The SMILES string of the molecule is Cc1ccc(C(N)CN2CCNCC2)c(C)c1. The normalized spacial score (nSPS) is 19.2. The topological polar surface area (TPSA) is 41.3 Å². The predicted molar refractivity (Wildman–Crippen MR) is 72.2 cm³/mol. The van der Waals surface area contributed by atoms with E-state index >= 15 is 0 Å². The van der Waals surface area contributed by atoms with Gasteiger partial charge in [-0.05, 0) is 25.0 Å². The largest absolute Gasteiger partial charge is 0.323 e. The standard InChI is InChI=1S/C14H23N3/c1-11-3-4-13(12(2)9-11)14(15)10-17-7-5-16-6-8-17/h3-4,9,14,16H,5-8,10,15H2,1-2H3. The Kier molecular flexibility index (Phi) is 4.15. The molecule has 1 aliphatic heterocycles. The van der Waals surface area contributed by atoms with E-state index in [4.69, 9.17) is 5.73 Å². The molecule has 0 aromatic heterocycles. The fourth-order valence-corrected chi connectivity index (χ4v) is 2.51. The average molecular weight is 233 g/mol. The maximum atomic E-state index is 6.31. The van der Waals surface area contributed by atoms with Crippen LogP contribution >= 0.6 is 0 Å². The number of hydrogen-bond donors (Lipinski definition) is 2. The number of nitrogens with two attached hydrogens (primary N) is 1. The van der Waals surface area contributed by atoms with E-state index in [1.807, 2.05) is 0 Å². The minimum absolute atomic E-state index is 0.133. The maximum absolute atomic E-state index is 6.31. The maximum Gasteiger partial charge on any atom is 0.0426 e. The van der Waals surface area contributed by atoms with Crippen LogP contribution in [0, 0.1) is 13.8 Å². The first-order valence-corrected chi connectivity index (χ1v) is 6.42. The molecule has 17 heavy (non-hydrogen) atoms. The molecule has 0 aliphatic carbocycles. The average Bonchev–Trinajstić information content (AvgIpc) is 2.30. The van der Waals surface area contributed by atoms with Crippen LogP contribution in [0.1, 0.15) is 22.7 Å². The second-order valence-corrected chi connectivity index (χ2v) is 5.02. The second-order valence-electron chi connectivity index (χ2n) is 5.02. The van der Waals surface area contributed by atoms with Crippen molar-refractivity contribution in [1.29, 1.82) is 0 Å². The summed E-state index contributed by atoms with van der Waals surface area (Å²) < 4.78 is 0. The van der Waals surface area contributed by atoms with Crippen molar-refractivity contribution in [3.8, 4) is 0 Å². The van der Waals surface area contributed by atoms with Gasteiger partial charge in [-0.3, -0.25) is 4.90 Å². The van der Waals surface area contributed by atoms with E-state index in [0.29, 0.717) is 0 Å². The van der Waals surface area contributed by atoms with Gasteiger partial charge in [0.15, 0.2) is 0 Å². The van der Waals surface area contributed by atoms with E-state index in [2.05, 4.69) is 42.3 Å². The minimum atomic E-state index is 0.133. The molecule has 0 amide bonds. The molecule has 3 heteroatoms. The quantitative estimate of drug-likeness (QED) is 0.824. The van der Waals surface area contributed by atoms with Crippen LogP contribution in [0.25, 0.3) is 0 Å². The Morgan fingerprint density at radius 3 is 2.65 bits per heavy atom. The van der Waals surface area contributed by atoms with E-state index in [0.717, 1.165) is 32.7 Å². The van der Waals surface area contributed by atoms with Gasteiger partial charge in [-0.25, -0.2) is 0 Å². The molecule has 0 radical (unpaired) electrons. The highest BCUT2D eigenvalue weighted by Gasteiger charge is 2.15. The molecule has 1 aromatic carbocycles. The van der Waals surface area contributed by atoms with Crippen LogP contribution in [0.3, 0.4) is 0 Å². The Bertz CT molecular complexity index is 370. The van der Waals surface area contributed by atoms with Crippen molar-refractivity contribution in [3.63, 3.8) is 0 Å². The molecule has 2 rings (SSSR count). The summed E-state index contributed by atoms with van der Waals surface area (Å²) in [6, 6.07) is 6.68. The Balaban J connectivity index is 2.00. The van der Waals surface area contributed by atoms with Gasteiger partial charge in [-0.1, -0.05) is 23.8 Å². The highest BCUT2D eigenvalue weighted by Crippen LogP contribution is 2.18. The Labute approximate surface area is 104 Å². The van der Waals surface area contributed by atoms with E-state index in [9.17, 15) is 0 Å². The molecule has 1 aromatic rings. The monoisotopic (exact) mass is 233 g/mol. The Hall–Kier alpha value is -0.900. The smallest absolute Gasteiger partial charge is 0.0426 e. The third kappa shape index (κ3) is 3.28. The van der Waals surface area contributed by atoms with Gasteiger partial charge in [0, 0.05) is 38.8 Å². The van der Waals surface area contributed by atoms with Crippen LogP contribution in [0.2, 0.25) is 0 Å². The molecular weight excluding hydrogens is 210 g/mol. The molecule has 1 unspecified atom stereocenters. The van der Waals surface area contributed by atoms with Crippen molar-refractivity contribution in [2.24, 2.45) is 5.73 Å². The van der Waals surface area contributed by atoms with Crippen LogP contribution < -0.4 is 11.1 Å². The van der Waals surface area contributed by atoms with Crippen LogP contribution in [0.5, 0.6) is 0 Å². The van der Waals surface area contributed by atoms with Gasteiger partial charge in [-0.15, -0.1) is 0 Å². The number of benzene rings is 1. The highest BCUT2D eigenvalue weighted by molar-refractivity contribution is 5.32. The number of nitrogens with one attached hydrogen (secondary N) is 1. The first-order valence-electron chi connectivity index (χ1n) is 6.42. The molecule has 3 N–H and O–H groups in total. The molecule has 1 heterocycles. The molecule has 1 atom stereocenters. The van der Waals surface area contributed by atoms with E-state index < -0.39 is 0 Å². The second kappa shape index (κ2) is 5.63. The number of hydrogen-bond acceptors (Lipinski definition) is 3. The van der Waals surface area contributed by atoms with Gasteiger partial charge in [0.25, 0.3) is 0 Å². The zero-order valence-electron chi connectivity index (χ0n) is 10.9. The summed E-state index contributed by atoms with van der Waals surface area (Å²) in [7, 11) is 0. The van der Waals surface area contributed by atoms with Gasteiger partial charge >= 0.3 is 0 Å². The fraction of sp³-hybridized carbons (Fsp3) is 0.571.